The van der Waals surface area contributed by atoms with Crippen LogP contribution in [0.15, 0.2) is 12.2 Å². The van der Waals surface area contributed by atoms with E-state index in [1.807, 2.05) is 13.8 Å². The maximum Gasteiger partial charge on any atom is 0.252 e. The second-order valence-corrected chi connectivity index (χ2v) is 9.26. The van der Waals surface area contributed by atoms with E-state index in [0.29, 0.717) is 12.8 Å². The molecule has 2 unspecified atom stereocenters. The number of hydrogen-bond donors (Lipinski definition) is 4. The Kier molecular flexibility index (Phi) is 11.6. The molecule has 2 amide bonds. The molecule has 4 N–H and O–H groups in total. The molecule has 1 heterocycles. The summed E-state index contributed by atoms with van der Waals surface area (Å²) in [5.41, 5.74) is -1.19. The lowest BCUT2D eigenvalue weighted by atomic mass is 9.99. The highest BCUT2D eigenvalue weighted by Crippen LogP contribution is 2.25. The number of carbonyl (C=O) groups is 2. The predicted molar refractivity (Wildman–Crippen MR) is 125 cm³/mol. The van der Waals surface area contributed by atoms with Crippen molar-refractivity contribution < 1.29 is 51.6 Å². The van der Waals surface area contributed by atoms with E-state index in [0.717, 1.165) is 18.4 Å². The zero-order chi connectivity index (χ0) is 28.7. The van der Waals surface area contributed by atoms with Crippen molar-refractivity contribution in [2.24, 2.45) is 5.92 Å². The van der Waals surface area contributed by atoms with E-state index in [1.54, 1.807) is 6.08 Å². The average molecular weight is 553 g/mol. The summed E-state index contributed by atoms with van der Waals surface area (Å²) in [6.45, 7) is 2.78. The largest absolute Gasteiger partial charge is 0.387 e. The molecule has 6 atom stereocenters. The number of nitrogens with one attached hydrogen (secondary N) is 1. The third-order valence-corrected chi connectivity index (χ3v) is 6.55. The van der Waals surface area contributed by atoms with Crippen LogP contribution in [0.5, 0.6) is 0 Å². The van der Waals surface area contributed by atoms with Gasteiger partial charge in [-0.3, -0.25) is 9.59 Å². The van der Waals surface area contributed by atoms with Crippen LogP contribution in [-0.4, -0.2) is 76.1 Å². The summed E-state index contributed by atoms with van der Waals surface area (Å²) < 4.78 is 73.9. The molecule has 0 radical (unpaired) electrons. The van der Waals surface area contributed by atoms with E-state index in [1.165, 1.54) is 6.08 Å². The lowest BCUT2D eigenvalue weighted by molar-refractivity contribution is -0.151. The molecule has 38 heavy (non-hydrogen) atoms. The molecule has 0 saturated carbocycles. The number of benzene rings is 1. The molecule has 0 aliphatic carbocycles. The number of likely N-dealkylation sites (tertiary alicyclic amines) is 1. The maximum atomic E-state index is 14.2. The molecule has 1 saturated heterocycles. The number of aliphatic hydroxyl groups is 3. The molecule has 1 aromatic rings. The molecule has 1 fully saturated rings. The minimum absolute atomic E-state index is 0.0749. The Balaban J connectivity index is 2.17. The van der Waals surface area contributed by atoms with Crippen LogP contribution in [0.3, 0.4) is 0 Å². The first-order valence-corrected chi connectivity index (χ1v) is 12.2. The second-order valence-electron chi connectivity index (χ2n) is 9.26. The molecular formula is C25H33F5N2O6. The van der Waals surface area contributed by atoms with Gasteiger partial charge in [0.2, 0.25) is 11.7 Å². The SMILES string of the molecule is CCC(C)C=C[C@@H](O)[C@H](O)[C@@H](O)[C@@H](OC)C(=O)NC1CCCCN(Cc2c(F)c(F)c(F)c(F)c2F)C1=O. The highest BCUT2D eigenvalue weighted by molar-refractivity contribution is 5.89. The van der Waals surface area contributed by atoms with Crippen molar-refractivity contribution in [3.63, 3.8) is 0 Å². The summed E-state index contributed by atoms with van der Waals surface area (Å²) in [4.78, 5) is 26.8. The van der Waals surface area contributed by atoms with E-state index in [9.17, 15) is 46.9 Å². The Labute approximate surface area is 217 Å². The van der Waals surface area contributed by atoms with Crippen LogP contribution in [0.25, 0.3) is 0 Å². The number of rotatable bonds is 11. The van der Waals surface area contributed by atoms with Crippen molar-refractivity contribution in [2.75, 3.05) is 13.7 Å². The number of carbonyl (C=O) groups excluding carboxylic acids is 2. The van der Waals surface area contributed by atoms with Crippen LogP contribution in [0.4, 0.5) is 22.0 Å². The number of aliphatic hydroxyl groups excluding tert-OH is 3. The van der Waals surface area contributed by atoms with Gasteiger partial charge in [-0.2, -0.15) is 0 Å². The second kappa shape index (κ2) is 14.0. The summed E-state index contributed by atoms with van der Waals surface area (Å²) in [6, 6.07) is -1.27. The fourth-order valence-corrected chi connectivity index (χ4v) is 3.97. The van der Waals surface area contributed by atoms with Crippen LogP contribution in [0.2, 0.25) is 0 Å². The van der Waals surface area contributed by atoms with Gasteiger partial charge in [0.25, 0.3) is 5.91 Å². The normalized spacial score (nSPS) is 20.7. The number of hydrogen-bond acceptors (Lipinski definition) is 6. The van der Waals surface area contributed by atoms with Gasteiger partial charge < -0.3 is 30.3 Å². The van der Waals surface area contributed by atoms with Crippen LogP contribution in [-0.2, 0) is 20.9 Å². The highest BCUT2D eigenvalue weighted by Gasteiger charge is 2.38. The fraction of sp³-hybridized carbons (Fsp3) is 0.600. The summed E-state index contributed by atoms with van der Waals surface area (Å²) in [5, 5.41) is 33.3. The van der Waals surface area contributed by atoms with Gasteiger partial charge in [-0.1, -0.05) is 32.4 Å². The average Bonchev–Trinajstić information content (AvgIpc) is 3.07. The molecule has 1 aliphatic rings. The van der Waals surface area contributed by atoms with Crippen molar-refractivity contribution in [1.82, 2.24) is 10.2 Å². The number of amides is 2. The first-order valence-electron chi connectivity index (χ1n) is 12.2. The van der Waals surface area contributed by atoms with Gasteiger partial charge >= 0.3 is 0 Å². The highest BCUT2D eigenvalue weighted by atomic mass is 19.2. The number of halogens is 5. The monoisotopic (exact) mass is 552 g/mol. The Hall–Kier alpha value is -2.61. The first kappa shape index (κ1) is 31.6. The van der Waals surface area contributed by atoms with Crippen molar-refractivity contribution in [3.8, 4) is 0 Å². The molecule has 0 bridgehead atoms. The predicted octanol–water partition coefficient (Wildman–Crippen LogP) is 2.08. The zero-order valence-electron chi connectivity index (χ0n) is 21.3. The molecule has 13 heteroatoms. The molecule has 8 nitrogen and oxygen atoms in total. The first-order chi connectivity index (χ1) is 17.8. The van der Waals surface area contributed by atoms with Crippen LogP contribution in [0, 0.1) is 35.0 Å². The minimum atomic E-state index is -2.32. The molecule has 2 rings (SSSR count). The Morgan fingerprint density at radius 2 is 1.61 bits per heavy atom. The Morgan fingerprint density at radius 1 is 1.03 bits per heavy atom. The van der Waals surface area contributed by atoms with Crippen molar-refractivity contribution in [2.45, 2.75) is 76.5 Å². The quantitative estimate of drug-likeness (QED) is 0.145. The van der Waals surface area contributed by atoms with Crippen LogP contribution >= 0.6 is 0 Å². The van der Waals surface area contributed by atoms with Gasteiger partial charge in [0.1, 0.15) is 24.4 Å². The molecule has 214 valence electrons. The topological polar surface area (TPSA) is 119 Å². The standard InChI is InChI=1S/C25H33F5N2O6/c1-4-12(2)8-9-15(33)21(34)22(35)23(38-3)24(36)31-14-7-5-6-10-32(25(14)37)11-13-16(26)18(28)20(30)19(29)17(13)27/h8-9,12,14-15,21-23,33-35H,4-7,10-11H2,1-3H3,(H,31,36)/t12?,14?,15-,21+,22-,23-/m1/s1. The van der Waals surface area contributed by atoms with Crippen LogP contribution in [0.1, 0.15) is 45.1 Å². The van der Waals surface area contributed by atoms with Gasteiger partial charge in [-0.25, -0.2) is 22.0 Å². The summed E-state index contributed by atoms with van der Waals surface area (Å²) >= 11 is 0. The zero-order valence-corrected chi connectivity index (χ0v) is 21.3. The van der Waals surface area contributed by atoms with Gasteiger partial charge in [0.05, 0.1) is 6.54 Å². The maximum absolute atomic E-state index is 14.2. The lowest BCUT2D eigenvalue weighted by Crippen LogP contribution is -2.55. The Bertz CT molecular complexity index is 997. The van der Waals surface area contributed by atoms with Crippen LogP contribution < -0.4 is 5.32 Å². The number of allylic oxidation sites excluding steroid dienone is 1. The number of nitrogens with zero attached hydrogens (tertiary/aromatic N) is 1. The smallest absolute Gasteiger partial charge is 0.252 e. The van der Waals surface area contributed by atoms with E-state index in [4.69, 9.17) is 4.74 Å². The number of methoxy groups -OCH3 is 1. The van der Waals surface area contributed by atoms with Gasteiger partial charge in [0, 0.05) is 19.2 Å². The van der Waals surface area contributed by atoms with Gasteiger partial charge in [-0.15, -0.1) is 0 Å². The van der Waals surface area contributed by atoms with Crippen molar-refractivity contribution >= 4 is 11.8 Å². The van der Waals surface area contributed by atoms with E-state index in [-0.39, 0.29) is 18.9 Å². The number of ether oxygens (including phenoxy) is 1. The summed E-state index contributed by atoms with van der Waals surface area (Å²) in [7, 11) is 1.06. The van der Waals surface area contributed by atoms with Gasteiger partial charge in [0.15, 0.2) is 29.4 Å². The molecule has 1 aliphatic heterocycles. The van der Waals surface area contributed by atoms with Crippen molar-refractivity contribution in [1.29, 1.82) is 0 Å². The molecular weight excluding hydrogens is 519 g/mol. The minimum Gasteiger partial charge on any atom is -0.387 e. The van der Waals surface area contributed by atoms with Gasteiger partial charge in [-0.05, 0) is 25.2 Å². The van der Waals surface area contributed by atoms with E-state index >= 15 is 0 Å². The van der Waals surface area contributed by atoms with Crippen molar-refractivity contribution in [3.05, 3.63) is 46.8 Å². The van der Waals surface area contributed by atoms with E-state index < -0.39 is 83.5 Å². The Morgan fingerprint density at radius 3 is 2.16 bits per heavy atom. The molecule has 1 aromatic carbocycles. The molecule has 0 aromatic heterocycles. The summed E-state index contributed by atoms with van der Waals surface area (Å²) in [5.74, 6) is -12.5. The van der Waals surface area contributed by atoms with E-state index in [2.05, 4.69) is 5.32 Å². The fourth-order valence-electron chi connectivity index (χ4n) is 3.97. The molecule has 0 spiro atoms. The summed E-state index contributed by atoms with van der Waals surface area (Å²) in [6.07, 6.45) is -2.52. The third kappa shape index (κ3) is 7.28. The lowest BCUT2D eigenvalue weighted by Gasteiger charge is -2.29. The third-order valence-electron chi connectivity index (χ3n) is 6.55.